The summed E-state index contributed by atoms with van der Waals surface area (Å²) in [6.07, 6.45) is 6.60. The third kappa shape index (κ3) is 1.56. The molecule has 0 unspecified atom stereocenters. The van der Waals surface area contributed by atoms with Crippen molar-refractivity contribution < 1.29 is 4.74 Å². The van der Waals surface area contributed by atoms with Crippen molar-refractivity contribution in [2.75, 3.05) is 26.8 Å². The molecule has 0 amide bonds. The minimum absolute atomic E-state index is 0.299. The average Bonchev–Trinajstić information content (AvgIpc) is 2.98. The molecular formula is C17H23NO. The maximum Gasteiger partial charge on any atom is 0.0591 e. The predicted octanol–water partition coefficient (Wildman–Crippen LogP) is 2.44. The summed E-state index contributed by atoms with van der Waals surface area (Å²) in [4.78, 5) is 0. The third-order valence-corrected chi connectivity index (χ3v) is 5.73. The molecule has 0 aromatic heterocycles. The zero-order valence-electron chi connectivity index (χ0n) is 11.8. The number of aryl methyl sites for hydroxylation is 2. The number of nitrogens with one attached hydrogen (secondary N) is 1. The molecule has 3 aliphatic rings. The lowest BCUT2D eigenvalue weighted by Gasteiger charge is -2.49. The molecule has 1 saturated heterocycles. The van der Waals surface area contributed by atoms with Gasteiger partial charge in [0, 0.05) is 12.0 Å². The molecule has 19 heavy (non-hydrogen) atoms. The van der Waals surface area contributed by atoms with E-state index >= 15 is 0 Å². The van der Waals surface area contributed by atoms with Gasteiger partial charge < -0.3 is 10.1 Å². The van der Waals surface area contributed by atoms with E-state index in [4.69, 9.17) is 4.74 Å². The van der Waals surface area contributed by atoms with E-state index in [9.17, 15) is 0 Å². The van der Waals surface area contributed by atoms with E-state index in [2.05, 4.69) is 30.6 Å². The van der Waals surface area contributed by atoms with Gasteiger partial charge in [-0.05, 0) is 61.3 Å². The fourth-order valence-electron chi connectivity index (χ4n) is 4.27. The van der Waals surface area contributed by atoms with E-state index in [0.717, 1.165) is 19.8 Å². The highest BCUT2D eigenvalue weighted by Gasteiger charge is 2.63. The summed E-state index contributed by atoms with van der Waals surface area (Å²) in [6, 6.07) is 7.27. The van der Waals surface area contributed by atoms with Crippen LogP contribution in [-0.2, 0) is 23.0 Å². The zero-order valence-corrected chi connectivity index (χ0v) is 11.8. The second-order valence-corrected chi connectivity index (χ2v) is 6.72. The monoisotopic (exact) mass is 257 g/mol. The van der Waals surface area contributed by atoms with Gasteiger partial charge in [0.25, 0.3) is 0 Å². The molecule has 1 aliphatic heterocycles. The number of hydrogen-bond acceptors (Lipinski definition) is 2. The van der Waals surface area contributed by atoms with Gasteiger partial charge in [0.15, 0.2) is 0 Å². The summed E-state index contributed by atoms with van der Waals surface area (Å²) < 4.78 is 5.66. The highest BCUT2D eigenvalue weighted by molar-refractivity contribution is 5.42. The number of ether oxygens (including phenoxy) is 1. The van der Waals surface area contributed by atoms with Crippen molar-refractivity contribution in [1.82, 2.24) is 5.32 Å². The first-order chi connectivity index (χ1) is 9.30. The first-order valence-electron chi connectivity index (χ1n) is 7.64. The maximum absolute atomic E-state index is 5.66. The van der Waals surface area contributed by atoms with Gasteiger partial charge in [-0.1, -0.05) is 18.2 Å². The summed E-state index contributed by atoms with van der Waals surface area (Å²) in [5.74, 6) is 0. The Bertz CT molecular complexity index is 500. The summed E-state index contributed by atoms with van der Waals surface area (Å²) >= 11 is 0. The average molecular weight is 257 g/mol. The smallest absolute Gasteiger partial charge is 0.0591 e. The number of benzene rings is 1. The van der Waals surface area contributed by atoms with Crippen LogP contribution in [0.5, 0.6) is 0 Å². The molecular weight excluding hydrogens is 234 g/mol. The number of hydrogen-bond donors (Lipinski definition) is 1. The molecule has 2 fully saturated rings. The predicted molar refractivity (Wildman–Crippen MR) is 76.6 cm³/mol. The summed E-state index contributed by atoms with van der Waals surface area (Å²) in [5.41, 5.74) is 5.49. The van der Waals surface area contributed by atoms with Crippen LogP contribution in [0.1, 0.15) is 36.0 Å². The van der Waals surface area contributed by atoms with Gasteiger partial charge in [-0.25, -0.2) is 0 Å². The Balaban J connectivity index is 1.73. The minimum Gasteiger partial charge on any atom is -0.379 e. The molecule has 0 bridgehead atoms. The van der Waals surface area contributed by atoms with Gasteiger partial charge in [-0.3, -0.25) is 0 Å². The molecule has 4 rings (SSSR count). The molecule has 2 heteroatoms. The van der Waals surface area contributed by atoms with Crippen LogP contribution in [0.3, 0.4) is 0 Å². The molecule has 2 nitrogen and oxygen atoms in total. The van der Waals surface area contributed by atoms with E-state index in [1.807, 2.05) is 0 Å². The van der Waals surface area contributed by atoms with Gasteiger partial charge in [-0.15, -0.1) is 0 Å². The second kappa shape index (κ2) is 4.07. The topological polar surface area (TPSA) is 21.3 Å². The fraction of sp³-hybridized carbons (Fsp3) is 0.647. The van der Waals surface area contributed by atoms with Crippen LogP contribution < -0.4 is 5.32 Å². The number of rotatable bonds is 4. The van der Waals surface area contributed by atoms with Crippen LogP contribution in [0.25, 0.3) is 0 Å². The third-order valence-electron chi connectivity index (χ3n) is 5.73. The van der Waals surface area contributed by atoms with Crippen LogP contribution >= 0.6 is 0 Å². The summed E-state index contributed by atoms with van der Waals surface area (Å²) in [5, 5.41) is 3.41. The lowest BCUT2D eigenvalue weighted by molar-refractivity contribution is -0.0986. The lowest BCUT2D eigenvalue weighted by Crippen LogP contribution is -2.56. The van der Waals surface area contributed by atoms with Crippen LogP contribution in [0.15, 0.2) is 18.2 Å². The highest BCUT2D eigenvalue weighted by atomic mass is 16.5. The van der Waals surface area contributed by atoms with Gasteiger partial charge in [-0.2, -0.15) is 0 Å². The largest absolute Gasteiger partial charge is 0.379 e. The Labute approximate surface area is 115 Å². The molecule has 1 aromatic carbocycles. The molecule has 1 aromatic rings. The summed E-state index contributed by atoms with van der Waals surface area (Å²) in [6.45, 7) is 2.98. The van der Waals surface area contributed by atoms with E-state index < -0.39 is 0 Å². The van der Waals surface area contributed by atoms with E-state index in [-0.39, 0.29) is 0 Å². The van der Waals surface area contributed by atoms with E-state index in [1.165, 1.54) is 32.1 Å². The Morgan fingerprint density at radius 2 is 1.95 bits per heavy atom. The van der Waals surface area contributed by atoms with Crippen molar-refractivity contribution in [3.8, 4) is 0 Å². The van der Waals surface area contributed by atoms with Crippen molar-refractivity contribution in [2.45, 2.75) is 37.5 Å². The van der Waals surface area contributed by atoms with Crippen LogP contribution in [0, 0.1) is 5.41 Å². The van der Waals surface area contributed by atoms with Crippen molar-refractivity contribution in [3.63, 3.8) is 0 Å². The molecule has 1 heterocycles. The molecule has 2 aliphatic carbocycles. The van der Waals surface area contributed by atoms with Gasteiger partial charge >= 0.3 is 0 Å². The molecule has 0 radical (unpaired) electrons. The fourth-order valence-corrected chi connectivity index (χ4v) is 4.27. The van der Waals surface area contributed by atoms with Gasteiger partial charge in [0.2, 0.25) is 0 Å². The van der Waals surface area contributed by atoms with Gasteiger partial charge in [0.05, 0.1) is 13.2 Å². The Morgan fingerprint density at radius 1 is 1.16 bits per heavy atom. The van der Waals surface area contributed by atoms with Crippen molar-refractivity contribution in [2.24, 2.45) is 5.41 Å². The molecule has 1 N–H and O–H groups in total. The van der Waals surface area contributed by atoms with Crippen LogP contribution in [0.2, 0.25) is 0 Å². The molecule has 102 valence electrons. The normalized spacial score (nSPS) is 25.7. The molecule has 1 saturated carbocycles. The standard InChI is InChI=1S/C17H23NO/c1-18-10-16(7-8-16)17(11-19-12-17)15-6-5-13-3-2-4-14(13)9-15/h5-6,9,18H,2-4,7-8,10-12H2,1H3. The quantitative estimate of drug-likeness (QED) is 0.894. The van der Waals surface area contributed by atoms with Crippen LogP contribution in [0.4, 0.5) is 0 Å². The Hall–Kier alpha value is -0.860. The first kappa shape index (κ1) is 11.9. The molecule has 0 spiro atoms. The van der Waals surface area contributed by atoms with Crippen LogP contribution in [-0.4, -0.2) is 26.8 Å². The van der Waals surface area contributed by atoms with E-state index in [1.54, 1.807) is 16.7 Å². The first-order valence-corrected chi connectivity index (χ1v) is 7.64. The lowest BCUT2D eigenvalue weighted by atomic mass is 9.65. The highest BCUT2D eigenvalue weighted by Crippen LogP contribution is 2.62. The SMILES string of the molecule is CNCC1(C2(c3ccc4c(c3)CCC4)COC2)CC1. The zero-order chi connectivity index (χ0) is 12.9. The van der Waals surface area contributed by atoms with Crippen molar-refractivity contribution in [3.05, 3.63) is 34.9 Å². The van der Waals surface area contributed by atoms with E-state index in [0.29, 0.717) is 10.8 Å². The van der Waals surface area contributed by atoms with Gasteiger partial charge in [0.1, 0.15) is 0 Å². The Kier molecular flexibility index (Phi) is 2.55. The number of fused-ring (bicyclic) bond motifs is 1. The Morgan fingerprint density at radius 3 is 2.58 bits per heavy atom. The minimum atomic E-state index is 0.299. The second-order valence-electron chi connectivity index (χ2n) is 6.72. The maximum atomic E-state index is 5.66. The molecule has 0 atom stereocenters. The summed E-state index contributed by atoms with van der Waals surface area (Å²) in [7, 11) is 2.08. The van der Waals surface area contributed by atoms with Crippen molar-refractivity contribution in [1.29, 1.82) is 0 Å². The van der Waals surface area contributed by atoms with Crippen molar-refractivity contribution >= 4 is 0 Å².